The first-order valence-corrected chi connectivity index (χ1v) is 10.5. The molecule has 5 nitrogen and oxygen atoms in total. The van der Waals surface area contributed by atoms with Crippen LogP contribution in [0.3, 0.4) is 0 Å². The molecule has 0 bridgehead atoms. The summed E-state index contributed by atoms with van der Waals surface area (Å²) in [6.07, 6.45) is 0.754. The van der Waals surface area contributed by atoms with Gasteiger partial charge in [-0.2, -0.15) is 0 Å². The van der Waals surface area contributed by atoms with Crippen LogP contribution >= 0.6 is 0 Å². The topological polar surface area (TPSA) is 46.2 Å². The van der Waals surface area contributed by atoms with E-state index in [0.29, 0.717) is 6.04 Å². The molecule has 1 rings (SSSR count). The number of rotatable bonds is 8. The monoisotopic (exact) mass is 370 g/mol. The van der Waals surface area contributed by atoms with Crippen molar-refractivity contribution >= 4 is 8.80 Å². The third-order valence-electron chi connectivity index (χ3n) is 3.44. The molecule has 1 aromatic carbocycles. The molecule has 0 aromatic heterocycles. The Kier molecular flexibility index (Phi) is 7.50. The number of aryl methyl sites for hydroxylation is 1. The lowest BCUT2D eigenvalue weighted by atomic mass is 10.1. The summed E-state index contributed by atoms with van der Waals surface area (Å²) in [5.41, 5.74) is 0.549. The van der Waals surface area contributed by atoms with Crippen LogP contribution in [-0.2, 0) is 19.7 Å². The lowest BCUT2D eigenvalue weighted by molar-refractivity contribution is 0.119. The molecule has 1 aromatic rings. The summed E-state index contributed by atoms with van der Waals surface area (Å²) in [7, 11) is 2.28. The molecule has 0 aliphatic heterocycles. The summed E-state index contributed by atoms with van der Waals surface area (Å²) in [5, 5.41) is 0. The maximum absolute atomic E-state index is 6.05. The van der Waals surface area contributed by atoms with Crippen molar-refractivity contribution in [2.45, 2.75) is 65.2 Å². The molecule has 0 unspecified atom stereocenters. The van der Waals surface area contributed by atoms with Gasteiger partial charge < -0.3 is 22.8 Å². The van der Waals surface area contributed by atoms with E-state index in [0.717, 1.165) is 23.5 Å². The predicted molar refractivity (Wildman–Crippen MR) is 102 cm³/mol. The van der Waals surface area contributed by atoms with E-state index in [-0.39, 0.29) is 11.2 Å². The number of hydrogen-bond donors (Lipinski definition) is 0. The predicted octanol–water partition coefficient (Wildman–Crippen LogP) is 4.46. The van der Waals surface area contributed by atoms with Crippen molar-refractivity contribution in [2.24, 2.45) is 0 Å². The van der Waals surface area contributed by atoms with Crippen molar-refractivity contribution in [3.63, 3.8) is 0 Å². The largest absolute Gasteiger partial charge is 0.500 e. The van der Waals surface area contributed by atoms with Crippen LogP contribution in [0.15, 0.2) is 18.2 Å². The van der Waals surface area contributed by atoms with Crippen molar-refractivity contribution in [3.8, 4) is 11.5 Å². The van der Waals surface area contributed by atoms with E-state index in [2.05, 4.69) is 0 Å². The molecule has 144 valence electrons. The zero-order valence-electron chi connectivity index (χ0n) is 17.2. The van der Waals surface area contributed by atoms with E-state index in [1.165, 1.54) is 0 Å². The Morgan fingerprint density at radius 1 is 0.720 bits per heavy atom. The van der Waals surface area contributed by atoms with Crippen LogP contribution in [0.5, 0.6) is 11.5 Å². The quantitative estimate of drug-likeness (QED) is 0.632. The van der Waals surface area contributed by atoms with Gasteiger partial charge in [-0.1, -0.05) is 0 Å². The molecular weight excluding hydrogens is 336 g/mol. The molecule has 0 heterocycles. The fourth-order valence-corrected chi connectivity index (χ4v) is 4.16. The fourth-order valence-electron chi connectivity index (χ4n) is 2.45. The summed E-state index contributed by atoms with van der Waals surface area (Å²) >= 11 is 0. The molecular formula is C19H34O5Si. The minimum Gasteiger partial charge on any atom is -0.488 e. The van der Waals surface area contributed by atoms with E-state index in [4.69, 9.17) is 22.8 Å². The molecule has 0 aliphatic rings. The summed E-state index contributed by atoms with van der Waals surface area (Å²) in [4.78, 5) is 0. The molecule has 0 fully saturated rings. The highest BCUT2D eigenvalue weighted by atomic mass is 28.4. The Balaban J connectivity index is 3.07. The SMILES string of the molecule is CO[Si](CCc1cc(OC(C)(C)C)cc(OC(C)(C)C)c1)(OC)OC. The van der Waals surface area contributed by atoms with Crippen molar-refractivity contribution in [1.82, 2.24) is 0 Å². The first-order chi connectivity index (χ1) is 11.4. The second-order valence-corrected chi connectivity index (χ2v) is 11.1. The zero-order valence-corrected chi connectivity index (χ0v) is 18.2. The van der Waals surface area contributed by atoms with Gasteiger partial charge in [0.15, 0.2) is 0 Å². The van der Waals surface area contributed by atoms with E-state index >= 15 is 0 Å². The van der Waals surface area contributed by atoms with Crippen LogP contribution in [0.25, 0.3) is 0 Å². The van der Waals surface area contributed by atoms with Crippen LogP contribution in [-0.4, -0.2) is 41.3 Å². The van der Waals surface area contributed by atoms with Crippen LogP contribution in [0.2, 0.25) is 6.04 Å². The molecule has 0 atom stereocenters. The molecule has 6 heteroatoms. The third-order valence-corrected chi connectivity index (χ3v) is 6.17. The van der Waals surface area contributed by atoms with Gasteiger partial charge in [-0.05, 0) is 65.7 Å². The van der Waals surface area contributed by atoms with Crippen molar-refractivity contribution in [3.05, 3.63) is 23.8 Å². The Bertz CT molecular complexity index is 499. The molecule has 0 spiro atoms. The van der Waals surface area contributed by atoms with E-state index < -0.39 is 8.80 Å². The van der Waals surface area contributed by atoms with Crippen molar-refractivity contribution in [1.29, 1.82) is 0 Å². The first kappa shape index (κ1) is 22.0. The van der Waals surface area contributed by atoms with Gasteiger partial charge in [0.2, 0.25) is 0 Å². The average molecular weight is 371 g/mol. The van der Waals surface area contributed by atoms with Crippen molar-refractivity contribution < 1.29 is 22.8 Å². The Morgan fingerprint density at radius 2 is 1.12 bits per heavy atom. The summed E-state index contributed by atoms with van der Waals surface area (Å²) < 4.78 is 28.6. The Morgan fingerprint density at radius 3 is 1.44 bits per heavy atom. The van der Waals surface area contributed by atoms with Gasteiger partial charge >= 0.3 is 8.80 Å². The standard InChI is InChI=1S/C19H34O5Si/c1-18(2,3)23-16-12-15(10-11-25(20-7,21-8)22-9)13-17(14-16)24-19(4,5)6/h12-14H,10-11H2,1-9H3. The lowest BCUT2D eigenvalue weighted by Gasteiger charge is -2.26. The maximum atomic E-state index is 6.05. The van der Waals surface area contributed by atoms with Crippen LogP contribution < -0.4 is 9.47 Å². The van der Waals surface area contributed by atoms with Gasteiger partial charge in [-0.3, -0.25) is 0 Å². The Hall–Kier alpha value is -1.08. The second-order valence-electron chi connectivity index (χ2n) is 8.04. The molecule has 0 aliphatic carbocycles. The minimum absolute atomic E-state index is 0.276. The van der Waals surface area contributed by atoms with Crippen LogP contribution in [0.4, 0.5) is 0 Å². The van der Waals surface area contributed by atoms with Crippen LogP contribution in [0, 0.1) is 0 Å². The molecule has 0 saturated heterocycles. The maximum Gasteiger partial charge on any atom is 0.500 e. The molecule has 25 heavy (non-hydrogen) atoms. The van der Waals surface area contributed by atoms with E-state index in [9.17, 15) is 0 Å². The highest BCUT2D eigenvalue weighted by Gasteiger charge is 2.37. The van der Waals surface area contributed by atoms with E-state index in [1.54, 1.807) is 21.3 Å². The molecule has 0 saturated carbocycles. The third kappa shape index (κ3) is 7.77. The summed E-state index contributed by atoms with van der Waals surface area (Å²) in [6, 6.07) is 6.71. The van der Waals surface area contributed by atoms with Gasteiger partial charge in [-0.15, -0.1) is 0 Å². The van der Waals surface area contributed by atoms with Gasteiger partial charge in [0.25, 0.3) is 0 Å². The zero-order chi connectivity index (χ0) is 19.3. The summed E-state index contributed by atoms with van der Waals surface area (Å²) in [5.74, 6) is 1.59. The summed E-state index contributed by atoms with van der Waals surface area (Å²) in [6.45, 7) is 12.2. The fraction of sp³-hybridized carbons (Fsp3) is 0.684. The van der Waals surface area contributed by atoms with Gasteiger partial charge in [0.1, 0.15) is 22.7 Å². The second kappa shape index (κ2) is 8.53. The normalized spacial score (nSPS) is 13.0. The number of ether oxygens (including phenoxy) is 2. The number of hydrogen-bond acceptors (Lipinski definition) is 5. The first-order valence-electron chi connectivity index (χ1n) is 8.59. The Labute approximate surface area is 153 Å². The highest BCUT2D eigenvalue weighted by Crippen LogP contribution is 2.30. The minimum atomic E-state index is -2.61. The van der Waals surface area contributed by atoms with Gasteiger partial charge in [0, 0.05) is 33.4 Å². The average Bonchev–Trinajstić information content (AvgIpc) is 2.45. The lowest BCUT2D eigenvalue weighted by Crippen LogP contribution is -2.43. The van der Waals surface area contributed by atoms with E-state index in [1.807, 2.05) is 59.7 Å². The highest BCUT2D eigenvalue weighted by molar-refractivity contribution is 6.60. The smallest absolute Gasteiger partial charge is 0.488 e. The van der Waals surface area contributed by atoms with Gasteiger partial charge in [0.05, 0.1) is 0 Å². The van der Waals surface area contributed by atoms with Gasteiger partial charge in [-0.25, -0.2) is 0 Å². The van der Waals surface area contributed by atoms with Crippen LogP contribution in [0.1, 0.15) is 47.1 Å². The molecule has 0 amide bonds. The molecule has 0 radical (unpaired) electrons. The molecule has 0 N–H and O–H groups in total. The number of benzene rings is 1. The van der Waals surface area contributed by atoms with Crippen molar-refractivity contribution in [2.75, 3.05) is 21.3 Å².